The highest BCUT2D eigenvalue weighted by Gasteiger charge is 2.20. The van der Waals surface area contributed by atoms with Gasteiger partial charge in [0.05, 0.1) is 6.54 Å². The van der Waals surface area contributed by atoms with Gasteiger partial charge in [-0.1, -0.05) is 25.5 Å². The van der Waals surface area contributed by atoms with Crippen LogP contribution in [0.1, 0.15) is 30.5 Å². The van der Waals surface area contributed by atoms with Crippen LogP contribution in [-0.2, 0) is 11.3 Å². The number of aryl methyl sites for hydroxylation is 1. The highest BCUT2D eigenvalue weighted by molar-refractivity contribution is 7.09. The average molecular weight is 268 g/mol. The summed E-state index contributed by atoms with van der Waals surface area (Å²) in [4.78, 5) is 17.4. The lowest BCUT2D eigenvalue weighted by Gasteiger charge is -2.20. The number of unbranched alkanes of at least 4 members (excludes halogenated alkanes) is 1. The molecule has 4 nitrogen and oxygen atoms in total. The minimum Gasteiger partial charge on any atom is -0.480 e. The summed E-state index contributed by atoms with van der Waals surface area (Å²) in [6.07, 6.45) is 5.63. The maximum Gasteiger partial charge on any atom is 0.324 e. The lowest BCUT2D eigenvalue weighted by Crippen LogP contribution is -2.36. The molecule has 0 aliphatic rings. The molecule has 5 heteroatoms. The lowest BCUT2D eigenvalue weighted by molar-refractivity contribution is -0.141. The van der Waals surface area contributed by atoms with E-state index in [1.54, 1.807) is 22.3 Å². The topological polar surface area (TPSA) is 53.4 Å². The van der Waals surface area contributed by atoms with Crippen LogP contribution in [0.2, 0.25) is 0 Å². The van der Waals surface area contributed by atoms with E-state index in [2.05, 4.69) is 11.9 Å². The van der Waals surface area contributed by atoms with Crippen LogP contribution >= 0.6 is 11.3 Å². The Morgan fingerprint density at radius 2 is 2.39 bits per heavy atom. The van der Waals surface area contributed by atoms with E-state index in [1.807, 2.05) is 25.4 Å². The van der Waals surface area contributed by atoms with E-state index in [0.717, 1.165) is 23.5 Å². The quantitative estimate of drug-likeness (QED) is 0.772. The molecule has 0 aromatic carbocycles. The first-order valence-corrected chi connectivity index (χ1v) is 6.93. The molecule has 1 rings (SSSR count). The fourth-order valence-corrected chi connectivity index (χ4v) is 2.43. The second-order valence-corrected chi connectivity index (χ2v) is 5.24. The van der Waals surface area contributed by atoms with Crippen molar-refractivity contribution in [3.8, 4) is 0 Å². The average Bonchev–Trinajstić information content (AvgIpc) is 2.69. The normalized spacial score (nSPS) is 13.3. The lowest BCUT2D eigenvalue weighted by atomic mass is 10.2. The van der Waals surface area contributed by atoms with E-state index in [9.17, 15) is 9.90 Å². The van der Waals surface area contributed by atoms with Gasteiger partial charge in [-0.25, -0.2) is 4.98 Å². The van der Waals surface area contributed by atoms with Crippen LogP contribution in [-0.4, -0.2) is 34.0 Å². The van der Waals surface area contributed by atoms with Gasteiger partial charge in [-0.2, -0.15) is 0 Å². The zero-order valence-electron chi connectivity index (χ0n) is 11.1. The van der Waals surface area contributed by atoms with Gasteiger partial charge < -0.3 is 5.11 Å². The molecule has 0 aliphatic carbocycles. The first-order valence-electron chi connectivity index (χ1n) is 6.05. The number of aromatic nitrogens is 1. The summed E-state index contributed by atoms with van der Waals surface area (Å²) in [6.45, 7) is 4.57. The minimum absolute atomic E-state index is 0.561. The summed E-state index contributed by atoms with van der Waals surface area (Å²) in [5, 5.41) is 12.1. The number of hydrogen-bond donors (Lipinski definition) is 1. The Morgan fingerprint density at radius 1 is 1.67 bits per heavy atom. The monoisotopic (exact) mass is 268 g/mol. The molecular formula is C13H20N2O2S. The first-order chi connectivity index (χ1) is 8.54. The van der Waals surface area contributed by atoms with E-state index in [4.69, 9.17) is 0 Å². The highest BCUT2D eigenvalue weighted by Crippen LogP contribution is 2.13. The smallest absolute Gasteiger partial charge is 0.324 e. The third kappa shape index (κ3) is 4.58. The Kier molecular flexibility index (Phi) is 6.01. The summed E-state index contributed by atoms with van der Waals surface area (Å²) in [7, 11) is 1.81. The second-order valence-electron chi connectivity index (χ2n) is 4.30. The number of aliphatic carboxylic acids is 1. The number of rotatable bonds is 7. The van der Waals surface area contributed by atoms with Crippen molar-refractivity contribution in [1.82, 2.24) is 9.88 Å². The highest BCUT2D eigenvalue weighted by atomic mass is 32.1. The van der Waals surface area contributed by atoms with Crippen molar-refractivity contribution < 1.29 is 9.90 Å². The Morgan fingerprint density at radius 3 is 2.89 bits per heavy atom. The maximum absolute atomic E-state index is 11.2. The number of carboxylic acid groups (broad SMARTS) is 1. The van der Waals surface area contributed by atoms with E-state index in [-0.39, 0.29) is 0 Å². The summed E-state index contributed by atoms with van der Waals surface area (Å²) < 4.78 is 0. The predicted molar refractivity (Wildman–Crippen MR) is 73.8 cm³/mol. The number of carbonyl (C=O) groups is 1. The Labute approximate surface area is 112 Å². The van der Waals surface area contributed by atoms with Gasteiger partial charge >= 0.3 is 5.97 Å². The predicted octanol–water partition coefficient (Wildman–Crippen LogP) is 2.69. The van der Waals surface area contributed by atoms with Gasteiger partial charge in [-0.15, -0.1) is 11.3 Å². The summed E-state index contributed by atoms with van der Waals surface area (Å²) in [6, 6.07) is -0.583. The number of hydrogen-bond acceptors (Lipinski definition) is 4. The summed E-state index contributed by atoms with van der Waals surface area (Å²) >= 11 is 1.57. The number of carboxylic acids is 1. The number of thiazole rings is 1. The largest absolute Gasteiger partial charge is 0.480 e. The van der Waals surface area contributed by atoms with Gasteiger partial charge in [0.2, 0.25) is 0 Å². The fourth-order valence-electron chi connectivity index (χ4n) is 1.60. The SMILES string of the molecule is CCCC=CC(C(=O)O)N(C)Cc1nc(C)cs1. The van der Waals surface area contributed by atoms with Crippen LogP contribution in [0.25, 0.3) is 0 Å². The minimum atomic E-state index is -0.821. The van der Waals surface area contributed by atoms with Gasteiger partial charge in [0.15, 0.2) is 0 Å². The molecule has 0 amide bonds. The van der Waals surface area contributed by atoms with Crippen molar-refractivity contribution in [3.05, 3.63) is 28.2 Å². The fraction of sp³-hybridized carbons (Fsp3) is 0.538. The molecule has 0 bridgehead atoms. The first kappa shape index (κ1) is 14.9. The Bertz CT molecular complexity index is 415. The van der Waals surface area contributed by atoms with Crippen LogP contribution in [0.5, 0.6) is 0 Å². The molecule has 1 heterocycles. The molecule has 0 fully saturated rings. The number of allylic oxidation sites excluding steroid dienone is 1. The van der Waals surface area contributed by atoms with Crippen LogP contribution in [0, 0.1) is 6.92 Å². The number of nitrogens with zero attached hydrogens (tertiary/aromatic N) is 2. The third-order valence-electron chi connectivity index (χ3n) is 2.55. The molecule has 1 aromatic rings. The molecular weight excluding hydrogens is 248 g/mol. The molecule has 0 saturated heterocycles. The number of likely N-dealkylation sites (N-methyl/N-ethyl adjacent to an activating group) is 1. The molecule has 18 heavy (non-hydrogen) atoms. The molecule has 1 atom stereocenters. The van der Waals surface area contributed by atoms with Crippen LogP contribution < -0.4 is 0 Å². The summed E-state index contributed by atoms with van der Waals surface area (Å²) in [5.41, 5.74) is 0.983. The van der Waals surface area contributed by atoms with Crippen LogP contribution in [0.3, 0.4) is 0 Å². The van der Waals surface area contributed by atoms with Crippen molar-refractivity contribution in [1.29, 1.82) is 0 Å². The van der Waals surface area contributed by atoms with Gasteiger partial charge in [0, 0.05) is 11.1 Å². The van der Waals surface area contributed by atoms with E-state index in [0.29, 0.717) is 6.54 Å². The maximum atomic E-state index is 11.2. The van der Waals surface area contributed by atoms with Crippen LogP contribution in [0.15, 0.2) is 17.5 Å². The zero-order valence-corrected chi connectivity index (χ0v) is 11.9. The third-order valence-corrected chi connectivity index (χ3v) is 3.50. The van der Waals surface area contributed by atoms with Crippen molar-refractivity contribution >= 4 is 17.3 Å². The van der Waals surface area contributed by atoms with E-state index < -0.39 is 12.0 Å². The molecule has 0 radical (unpaired) electrons. The Balaban J connectivity index is 2.64. The molecule has 0 saturated carbocycles. The molecule has 1 aromatic heterocycles. The zero-order chi connectivity index (χ0) is 13.5. The van der Waals surface area contributed by atoms with Crippen molar-refractivity contribution in [2.24, 2.45) is 0 Å². The Hall–Kier alpha value is -1.20. The van der Waals surface area contributed by atoms with Crippen LogP contribution in [0.4, 0.5) is 0 Å². The van der Waals surface area contributed by atoms with Crippen molar-refractivity contribution in [3.63, 3.8) is 0 Å². The van der Waals surface area contributed by atoms with Gasteiger partial charge in [-0.3, -0.25) is 9.69 Å². The molecule has 0 spiro atoms. The molecule has 0 aliphatic heterocycles. The molecule has 100 valence electrons. The van der Waals surface area contributed by atoms with Gasteiger partial charge in [0.25, 0.3) is 0 Å². The van der Waals surface area contributed by atoms with Crippen molar-refractivity contribution in [2.75, 3.05) is 7.05 Å². The van der Waals surface area contributed by atoms with Gasteiger partial charge in [0.1, 0.15) is 11.0 Å². The summed E-state index contributed by atoms with van der Waals surface area (Å²) in [5.74, 6) is -0.821. The van der Waals surface area contributed by atoms with Gasteiger partial charge in [-0.05, 0) is 20.4 Å². The van der Waals surface area contributed by atoms with Crippen molar-refractivity contribution in [2.45, 2.75) is 39.3 Å². The van der Waals surface area contributed by atoms with E-state index in [1.165, 1.54) is 0 Å². The standard InChI is InChI=1S/C13H20N2O2S/c1-4-5-6-7-11(13(16)17)15(3)8-12-14-10(2)9-18-12/h6-7,9,11H,4-5,8H2,1-3H3,(H,16,17). The second kappa shape index (κ2) is 7.28. The molecule has 1 unspecified atom stereocenters. The van der Waals surface area contributed by atoms with E-state index >= 15 is 0 Å². The molecule has 1 N–H and O–H groups in total.